The Morgan fingerprint density at radius 3 is 3.15 bits per heavy atom. The molecule has 0 saturated carbocycles. The van der Waals surface area contributed by atoms with Gasteiger partial charge in [-0.25, -0.2) is 4.98 Å². The minimum Gasteiger partial charge on any atom is -0.355 e. The number of rotatable bonds is 4. The summed E-state index contributed by atoms with van der Waals surface area (Å²) in [4.78, 5) is 8.44. The van der Waals surface area contributed by atoms with E-state index in [1.165, 1.54) is 30.8 Å². The number of imidazole rings is 1. The maximum absolute atomic E-state index is 6.04. The van der Waals surface area contributed by atoms with E-state index in [1.54, 1.807) is 11.3 Å². The van der Waals surface area contributed by atoms with Crippen LogP contribution < -0.4 is 10.6 Å². The van der Waals surface area contributed by atoms with Crippen molar-refractivity contribution in [2.24, 2.45) is 11.7 Å². The maximum Gasteiger partial charge on any atom is 0.195 e. The highest BCUT2D eigenvalue weighted by molar-refractivity contribution is 7.15. The van der Waals surface area contributed by atoms with Gasteiger partial charge in [-0.3, -0.25) is 4.40 Å². The van der Waals surface area contributed by atoms with Crippen LogP contribution in [-0.4, -0.2) is 28.5 Å². The maximum atomic E-state index is 6.04. The first-order valence-corrected chi connectivity index (χ1v) is 8.52. The molecule has 2 aromatic heterocycles. The Labute approximate surface area is 124 Å². The van der Waals surface area contributed by atoms with Crippen molar-refractivity contribution < 1.29 is 0 Å². The van der Waals surface area contributed by atoms with Gasteiger partial charge in [0.1, 0.15) is 0 Å². The molecule has 0 spiro atoms. The Hall–Kier alpha value is -1.07. The van der Waals surface area contributed by atoms with E-state index in [0.29, 0.717) is 0 Å². The summed E-state index contributed by atoms with van der Waals surface area (Å²) in [7, 11) is 0. The summed E-state index contributed by atoms with van der Waals surface area (Å²) in [6.45, 7) is 6.64. The summed E-state index contributed by atoms with van der Waals surface area (Å²) in [5, 5.41) is 2.10. The molecule has 1 aliphatic rings. The third-order valence-corrected chi connectivity index (χ3v) is 5.01. The van der Waals surface area contributed by atoms with Gasteiger partial charge in [-0.15, -0.1) is 11.3 Å². The molecule has 2 N–H and O–H groups in total. The smallest absolute Gasteiger partial charge is 0.195 e. The Morgan fingerprint density at radius 2 is 2.40 bits per heavy atom. The van der Waals surface area contributed by atoms with E-state index in [-0.39, 0.29) is 6.04 Å². The second-order valence-corrected chi connectivity index (χ2v) is 6.85. The fourth-order valence-electron chi connectivity index (χ4n) is 3.16. The molecule has 2 atom stereocenters. The van der Waals surface area contributed by atoms with E-state index < -0.39 is 0 Å². The van der Waals surface area contributed by atoms with Crippen LogP contribution >= 0.6 is 11.3 Å². The van der Waals surface area contributed by atoms with Crippen molar-refractivity contribution in [3.8, 4) is 0 Å². The lowest BCUT2D eigenvalue weighted by Gasteiger charge is -2.33. The molecule has 2 unspecified atom stereocenters. The molecule has 2 aromatic rings. The molecule has 0 radical (unpaired) electrons. The molecule has 0 aliphatic carbocycles. The first kappa shape index (κ1) is 13.9. The van der Waals surface area contributed by atoms with Gasteiger partial charge in [0.15, 0.2) is 10.8 Å². The fraction of sp³-hybridized carbons (Fsp3) is 0.667. The summed E-state index contributed by atoms with van der Waals surface area (Å²) in [5.41, 5.74) is 7.32. The van der Waals surface area contributed by atoms with Gasteiger partial charge in [0, 0.05) is 37.1 Å². The van der Waals surface area contributed by atoms with Gasteiger partial charge in [-0.1, -0.05) is 13.3 Å². The van der Waals surface area contributed by atoms with E-state index in [0.717, 1.165) is 30.4 Å². The van der Waals surface area contributed by atoms with Crippen molar-refractivity contribution in [2.45, 2.75) is 45.6 Å². The van der Waals surface area contributed by atoms with Crippen LogP contribution in [0.3, 0.4) is 0 Å². The van der Waals surface area contributed by atoms with Crippen molar-refractivity contribution in [1.82, 2.24) is 9.38 Å². The number of nitrogens with two attached hydrogens (primary N) is 1. The number of piperidine rings is 1. The van der Waals surface area contributed by atoms with Crippen LogP contribution in [0.1, 0.15) is 38.8 Å². The molecule has 0 amide bonds. The van der Waals surface area contributed by atoms with Crippen molar-refractivity contribution in [3.05, 3.63) is 17.3 Å². The normalized spacial score (nSPS) is 21.6. The SMILES string of the molecule is CCC1CCCN(c2nc3sccn3c2CC(C)N)C1. The third kappa shape index (κ3) is 2.56. The molecule has 1 aliphatic heterocycles. The van der Waals surface area contributed by atoms with Crippen LogP contribution in [0.2, 0.25) is 0 Å². The summed E-state index contributed by atoms with van der Waals surface area (Å²) in [6, 6.07) is 0.167. The zero-order valence-electron chi connectivity index (χ0n) is 12.4. The topological polar surface area (TPSA) is 46.6 Å². The first-order valence-electron chi connectivity index (χ1n) is 7.64. The monoisotopic (exact) mass is 292 g/mol. The second kappa shape index (κ2) is 5.74. The van der Waals surface area contributed by atoms with Crippen LogP contribution in [0.4, 0.5) is 5.82 Å². The predicted octanol–water partition coefficient (Wildman–Crippen LogP) is 2.91. The standard InChI is InChI=1S/C15H24N4S/c1-3-12-5-4-6-18(10-12)14-13(9-11(2)16)19-7-8-20-15(19)17-14/h7-8,11-12H,3-6,9-10,16H2,1-2H3. The van der Waals surface area contributed by atoms with Crippen LogP contribution in [-0.2, 0) is 6.42 Å². The van der Waals surface area contributed by atoms with Gasteiger partial charge in [-0.2, -0.15) is 0 Å². The van der Waals surface area contributed by atoms with E-state index in [9.17, 15) is 0 Å². The molecule has 110 valence electrons. The second-order valence-electron chi connectivity index (χ2n) is 5.98. The zero-order valence-corrected chi connectivity index (χ0v) is 13.2. The lowest BCUT2D eigenvalue weighted by atomic mass is 9.95. The van der Waals surface area contributed by atoms with E-state index >= 15 is 0 Å². The molecule has 0 bridgehead atoms. The minimum atomic E-state index is 0.167. The number of thiazole rings is 1. The predicted molar refractivity (Wildman–Crippen MR) is 85.7 cm³/mol. The van der Waals surface area contributed by atoms with E-state index in [2.05, 4.69) is 34.7 Å². The highest BCUT2D eigenvalue weighted by atomic mass is 32.1. The number of hydrogen-bond donors (Lipinski definition) is 1. The van der Waals surface area contributed by atoms with Gasteiger partial charge in [0.25, 0.3) is 0 Å². The molecule has 1 fully saturated rings. The highest BCUT2D eigenvalue weighted by Gasteiger charge is 2.24. The molecular formula is C15H24N4S. The Bertz CT molecular complexity index is 571. The lowest BCUT2D eigenvalue weighted by Crippen LogP contribution is -2.36. The molecular weight excluding hydrogens is 268 g/mol. The Morgan fingerprint density at radius 1 is 1.55 bits per heavy atom. The number of aromatic nitrogens is 2. The number of nitrogens with zero attached hydrogens (tertiary/aromatic N) is 3. The summed E-state index contributed by atoms with van der Waals surface area (Å²) < 4.78 is 2.22. The van der Waals surface area contributed by atoms with Gasteiger partial charge in [0.05, 0.1) is 5.69 Å². The van der Waals surface area contributed by atoms with Crippen molar-refractivity contribution >= 4 is 22.1 Å². The molecule has 20 heavy (non-hydrogen) atoms. The van der Waals surface area contributed by atoms with Crippen molar-refractivity contribution in [2.75, 3.05) is 18.0 Å². The van der Waals surface area contributed by atoms with Crippen molar-refractivity contribution in [3.63, 3.8) is 0 Å². The molecule has 0 aromatic carbocycles. The highest BCUT2D eigenvalue weighted by Crippen LogP contribution is 2.30. The summed E-state index contributed by atoms with van der Waals surface area (Å²) in [6.07, 6.45) is 6.91. The Kier molecular flexibility index (Phi) is 3.98. The average molecular weight is 292 g/mol. The first-order chi connectivity index (χ1) is 9.69. The zero-order chi connectivity index (χ0) is 14.1. The van der Waals surface area contributed by atoms with E-state index in [1.807, 2.05) is 0 Å². The fourth-order valence-corrected chi connectivity index (χ4v) is 3.89. The van der Waals surface area contributed by atoms with Crippen LogP contribution in [0.15, 0.2) is 11.6 Å². The van der Waals surface area contributed by atoms with Crippen LogP contribution in [0, 0.1) is 5.92 Å². The molecule has 1 saturated heterocycles. The molecule has 4 nitrogen and oxygen atoms in total. The quantitative estimate of drug-likeness (QED) is 0.942. The minimum absolute atomic E-state index is 0.167. The Balaban J connectivity index is 1.94. The lowest BCUT2D eigenvalue weighted by molar-refractivity contribution is 0.402. The number of hydrogen-bond acceptors (Lipinski definition) is 4. The van der Waals surface area contributed by atoms with Crippen LogP contribution in [0.25, 0.3) is 4.96 Å². The number of fused-ring (bicyclic) bond motifs is 1. The molecule has 5 heteroatoms. The van der Waals surface area contributed by atoms with Gasteiger partial charge < -0.3 is 10.6 Å². The molecule has 3 rings (SSSR count). The van der Waals surface area contributed by atoms with E-state index in [4.69, 9.17) is 10.7 Å². The largest absolute Gasteiger partial charge is 0.355 e. The van der Waals surface area contributed by atoms with Gasteiger partial charge in [0.2, 0.25) is 0 Å². The van der Waals surface area contributed by atoms with Crippen molar-refractivity contribution in [1.29, 1.82) is 0 Å². The van der Waals surface area contributed by atoms with Gasteiger partial charge in [-0.05, 0) is 25.7 Å². The molecule has 3 heterocycles. The third-order valence-electron chi connectivity index (χ3n) is 4.25. The summed E-state index contributed by atoms with van der Waals surface area (Å²) in [5.74, 6) is 1.99. The number of anilines is 1. The van der Waals surface area contributed by atoms with Gasteiger partial charge >= 0.3 is 0 Å². The average Bonchev–Trinajstić information content (AvgIpc) is 3.01. The summed E-state index contributed by atoms with van der Waals surface area (Å²) >= 11 is 1.70. The van der Waals surface area contributed by atoms with Crippen LogP contribution in [0.5, 0.6) is 0 Å².